The minimum absolute atomic E-state index is 0.0504. The van der Waals surface area contributed by atoms with Crippen LogP contribution in [0.2, 0.25) is 0 Å². The lowest BCUT2D eigenvalue weighted by Crippen LogP contribution is -2.32. The van der Waals surface area contributed by atoms with Gasteiger partial charge in [-0.3, -0.25) is 10.1 Å². The molecule has 0 unspecified atom stereocenters. The highest BCUT2D eigenvalue weighted by Gasteiger charge is 2.26. The third-order valence-corrected chi connectivity index (χ3v) is 4.92. The summed E-state index contributed by atoms with van der Waals surface area (Å²) in [6.45, 7) is 1.66. The van der Waals surface area contributed by atoms with Gasteiger partial charge in [0.25, 0.3) is 5.91 Å². The minimum Gasteiger partial charge on any atom is -0.423 e. The van der Waals surface area contributed by atoms with E-state index in [0.717, 1.165) is 25.9 Å². The van der Waals surface area contributed by atoms with Gasteiger partial charge in [-0.1, -0.05) is 0 Å². The zero-order valence-electron chi connectivity index (χ0n) is 15.2. The summed E-state index contributed by atoms with van der Waals surface area (Å²) >= 11 is 0. The van der Waals surface area contributed by atoms with Gasteiger partial charge >= 0.3 is 6.01 Å². The van der Waals surface area contributed by atoms with E-state index in [1.54, 1.807) is 4.68 Å². The summed E-state index contributed by atoms with van der Waals surface area (Å²) in [7, 11) is 0. The standard InChI is InChI=1S/C18H17FN8O2/c19-9-3-4-12-11(6-9)24-18(29-12)25-17(28)14-13-15(20)22-8-23-16(13)27(26-14)10-2-1-5-21-7-10/h3-4,6,8,10,21H,1-2,5,7H2,(H2,20,22,23)(H,24,25,28)/t10-/m1/s1. The molecule has 3 aromatic heterocycles. The molecule has 10 nitrogen and oxygen atoms in total. The number of hydrogen-bond acceptors (Lipinski definition) is 8. The number of nitrogens with zero attached hydrogens (tertiary/aromatic N) is 5. The molecule has 5 rings (SSSR count). The lowest BCUT2D eigenvalue weighted by molar-refractivity contribution is 0.101. The Hall–Kier alpha value is -3.60. The molecule has 1 fully saturated rings. The van der Waals surface area contributed by atoms with Gasteiger partial charge < -0.3 is 15.5 Å². The van der Waals surface area contributed by atoms with Gasteiger partial charge in [0.15, 0.2) is 16.9 Å². The Morgan fingerprint density at radius 3 is 3.10 bits per heavy atom. The maximum Gasteiger partial charge on any atom is 0.302 e. The number of halogens is 1. The van der Waals surface area contributed by atoms with E-state index >= 15 is 0 Å². The van der Waals surface area contributed by atoms with Crippen molar-refractivity contribution in [1.82, 2.24) is 30.0 Å². The number of aromatic nitrogens is 5. The van der Waals surface area contributed by atoms with E-state index in [1.807, 2.05) is 0 Å². The minimum atomic E-state index is -0.564. The zero-order valence-corrected chi connectivity index (χ0v) is 15.2. The summed E-state index contributed by atoms with van der Waals surface area (Å²) in [5, 5.41) is 10.7. The summed E-state index contributed by atoms with van der Waals surface area (Å²) in [5.74, 6) is -0.847. The van der Waals surface area contributed by atoms with Crippen LogP contribution in [0.4, 0.5) is 16.2 Å². The topological polar surface area (TPSA) is 137 Å². The van der Waals surface area contributed by atoms with Gasteiger partial charge in [0.2, 0.25) is 0 Å². The van der Waals surface area contributed by atoms with Crippen molar-refractivity contribution in [2.24, 2.45) is 0 Å². The Labute approximate surface area is 163 Å². The maximum atomic E-state index is 13.4. The first-order valence-electron chi connectivity index (χ1n) is 9.17. The van der Waals surface area contributed by atoms with Crippen LogP contribution in [-0.4, -0.2) is 43.7 Å². The fourth-order valence-electron chi connectivity index (χ4n) is 3.56. The Kier molecular flexibility index (Phi) is 4.09. The van der Waals surface area contributed by atoms with E-state index in [-0.39, 0.29) is 23.6 Å². The number of rotatable bonds is 3. The number of amides is 1. The van der Waals surface area contributed by atoms with E-state index in [0.29, 0.717) is 22.1 Å². The van der Waals surface area contributed by atoms with E-state index in [4.69, 9.17) is 10.2 Å². The molecule has 0 bridgehead atoms. The largest absolute Gasteiger partial charge is 0.423 e. The molecule has 4 N–H and O–H groups in total. The van der Waals surface area contributed by atoms with Crippen LogP contribution in [0.15, 0.2) is 28.9 Å². The van der Waals surface area contributed by atoms with Crippen LogP contribution in [-0.2, 0) is 0 Å². The van der Waals surface area contributed by atoms with E-state index < -0.39 is 11.7 Å². The smallest absolute Gasteiger partial charge is 0.302 e. The highest BCUT2D eigenvalue weighted by molar-refractivity contribution is 6.12. The van der Waals surface area contributed by atoms with Crippen molar-refractivity contribution < 1.29 is 13.6 Å². The lowest BCUT2D eigenvalue weighted by Gasteiger charge is -2.23. The fraction of sp³-hybridized carbons (Fsp3) is 0.278. The average molecular weight is 396 g/mol. The second kappa shape index (κ2) is 6.78. The second-order valence-electron chi connectivity index (χ2n) is 6.84. The number of piperidine rings is 1. The van der Waals surface area contributed by atoms with Gasteiger partial charge in [0.05, 0.1) is 11.4 Å². The van der Waals surface area contributed by atoms with Crippen LogP contribution in [0.5, 0.6) is 0 Å². The number of hydrogen-bond donors (Lipinski definition) is 3. The summed E-state index contributed by atoms with van der Waals surface area (Å²) in [6, 6.07) is 3.91. The van der Waals surface area contributed by atoms with Crippen molar-refractivity contribution in [3.05, 3.63) is 36.0 Å². The van der Waals surface area contributed by atoms with Crippen LogP contribution >= 0.6 is 0 Å². The normalized spacial score (nSPS) is 17.1. The van der Waals surface area contributed by atoms with E-state index in [2.05, 4.69) is 30.7 Å². The predicted molar refractivity (Wildman–Crippen MR) is 103 cm³/mol. The van der Waals surface area contributed by atoms with Crippen molar-refractivity contribution >= 4 is 39.9 Å². The number of anilines is 2. The molecule has 29 heavy (non-hydrogen) atoms. The molecule has 148 valence electrons. The Morgan fingerprint density at radius 1 is 1.38 bits per heavy atom. The molecule has 1 amide bonds. The first-order valence-corrected chi connectivity index (χ1v) is 9.17. The van der Waals surface area contributed by atoms with Crippen molar-refractivity contribution in [2.75, 3.05) is 24.1 Å². The van der Waals surface area contributed by atoms with Crippen LogP contribution in [0.25, 0.3) is 22.1 Å². The van der Waals surface area contributed by atoms with Crippen molar-refractivity contribution in [3.63, 3.8) is 0 Å². The van der Waals surface area contributed by atoms with Gasteiger partial charge in [-0.2, -0.15) is 10.1 Å². The molecule has 1 aromatic carbocycles. The summed E-state index contributed by atoms with van der Waals surface area (Å²) in [5.41, 5.74) is 7.26. The van der Waals surface area contributed by atoms with Crippen molar-refractivity contribution in [1.29, 1.82) is 0 Å². The number of carbonyl (C=O) groups excluding carboxylic acids is 1. The number of benzene rings is 1. The summed E-state index contributed by atoms with van der Waals surface area (Å²) in [4.78, 5) is 25.3. The molecule has 1 aliphatic rings. The average Bonchev–Trinajstić information content (AvgIpc) is 3.30. The number of nitrogen functional groups attached to an aromatic ring is 1. The molecule has 1 saturated heterocycles. The molecule has 1 aliphatic heterocycles. The number of oxazole rings is 1. The predicted octanol–water partition coefficient (Wildman–Crippen LogP) is 1.87. The third-order valence-electron chi connectivity index (χ3n) is 4.92. The van der Waals surface area contributed by atoms with Crippen LogP contribution in [0.3, 0.4) is 0 Å². The first-order chi connectivity index (χ1) is 14.1. The first kappa shape index (κ1) is 17.5. The van der Waals surface area contributed by atoms with Gasteiger partial charge in [0.1, 0.15) is 23.5 Å². The molecular formula is C18H17FN8O2. The van der Waals surface area contributed by atoms with Crippen LogP contribution < -0.4 is 16.4 Å². The lowest BCUT2D eigenvalue weighted by atomic mass is 10.1. The van der Waals surface area contributed by atoms with Crippen molar-refractivity contribution in [2.45, 2.75) is 18.9 Å². The molecule has 0 saturated carbocycles. The maximum absolute atomic E-state index is 13.4. The Morgan fingerprint density at radius 2 is 2.28 bits per heavy atom. The van der Waals surface area contributed by atoms with Gasteiger partial charge in [-0.05, 0) is 31.5 Å². The number of fused-ring (bicyclic) bond motifs is 2. The molecule has 11 heteroatoms. The zero-order chi connectivity index (χ0) is 20.0. The molecule has 0 spiro atoms. The summed E-state index contributed by atoms with van der Waals surface area (Å²) < 4.78 is 20.5. The van der Waals surface area contributed by atoms with Crippen LogP contribution in [0, 0.1) is 5.82 Å². The van der Waals surface area contributed by atoms with E-state index in [9.17, 15) is 9.18 Å². The SMILES string of the molecule is Nc1ncnc2c1c(C(=O)Nc1nc3cc(F)ccc3o1)nn2[C@@H]1CCCNC1. The Bertz CT molecular complexity index is 1230. The molecular weight excluding hydrogens is 379 g/mol. The third kappa shape index (κ3) is 3.05. The summed E-state index contributed by atoms with van der Waals surface area (Å²) in [6.07, 6.45) is 3.25. The fourth-order valence-corrected chi connectivity index (χ4v) is 3.56. The van der Waals surface area contributed by atoms with Gasteiger partial charge in [-0.25, -0.2) is 19.0 Å². The van der Waals surface area contributed by atoms with Crippen molar-refractivity contribution in [3.8, 4) is 0 Å². The number of carbonyl (C=O) groups is 1. The molecule has 0 aliphatic carbocycles. The highest BCUT2D eigenvalue weighted by Crippen LogP contribution is 2.27. The van der Waals surface area contributed by atoms with E-state index in [1.165, 1.54) is 24.5 Å². The second-order valence-corrected chi connectivity index (χ2v) is 6.84. The van der Waals surface area contributed by atoms with Gasteiger partial charge in [-0.15, -0.1) is 0 Å². The van der Waals surface area contributed by atoms with Crippen LogP contribution in [0.1, 0.15) is 29.4 Å². The quantitative estimate of drug-likeness (QED) is 0.477. The van der Waals surface area contributed by atoms with Gasteiger partial charge in [0, 0.05) is 12.6 Å². The molecule has 4 aromatic rings. The molecule has 0 radical (unpaired) electrons. The Balaban J connectivity index is 1.53. The number of nitrogens with two attached hydrogens (primary N) is 1. The molecule has 1 atom stereocenters. The molecule has 4 heterocycles. The monoisotopic (exact) mass is 396 g/mol. The highest BCUT2D eigenvalue weighted by atomic mass is 19.1. The number of nitrogens with one attached hydrogen (secondary N) is 2.